The van der Waals surface area contributed by atoms with Crippen LogP contribution in [0.4, 0.5) is 0 Å². The predicted octanol–water partition coefficient (Wildman–Crippen LogP) is 2.61. The van der Waals surface area contributed by atoms with Crippen molar-refractivity contribution in [2.45, 2.75) is 67.1 Å². The molecule has 1 aromatic carbocycles. The maximum Gasteiger partial charge on any atom is 0.306 e. The molecule has 0 aliphatic carbocycles. The molecule has 4 saturated heterocycles. The first kappa shape index (κ1) is 38.1. The van der Waals surface area contributed by atoms with Gasteiger partial charge in [0.1, 0.15) is 18.2 Å². The zero-order valence-corrected chi connectivity index (χ0v) is 30.3. The average molecular weight is 760 g/mol. The lowest BCUT2D eigenvalue weighted by molar-refractivity contribution is -0.148. The van der Waals surface area contributed by atoms with Crippen LogP contribution < -0.4 is 5.32 Å². The van der Waals surface area contributed by atoms with Crippen molar-refractivity contribution in [3.05, 3.63) is 61.2 Å². The van der Waals surface area contributed by atoms with Crippen molar-refractivity contribution in [2.75, 3.05) is 65.7 Å². The Morgan fingerprint density at radius 1 is 1.12 bits per heavy atom. The maximum atomic E-state index is 14.7. The van der Waals surface area contributed by atoms with Gasteiger partial charge in [0.2, 0.25) is 17.7 Å². The van der Waals surface area contributed by atoms with Gasteiger partial charge in [0, 0.05) is 57.1 Å². The van der Waals surface area contributed by atoms with E-state index in [1.807, 2.05) is 30.3 Å². The Morgan fingerprint density at radius 2 is 1.88 bits per heavy atom. The molecule has 2 N–H and O–H groups in total. The normalized spacial score (nSPS) is 27.8. The summed E-state index contributed by atoms with van der Waals surface area (Å²) in [5.74, 6) is -3.02. The molecular weight excluding hydrogens is 708 g/mol. The van der Waals surface area contributed by atoms with Gasteiger partial charge in [-0.1, -0.05) is 58.4 Å². The Labute approximate surface area is 303 Å². The summed E-state index contributed by atoms with van der Waals surface area (Å²) in [7, 11) is 0. The van der Waals surface area contributed by atoms with Gasteiger partial charge in [-0.15, -0.1) is 13.2 Å². The molecule has 274 valence electrons. The van der Waals surface area contributed by atoms with E-state index in [9.17, 15) is 24.3 Å². The van der Waals surface area contributed by atoms with Gasteiger partial charge >= 0.3 is 5.97 Å². The second-order valence-corrected chi connectivity index (χ2v) is 14.7. The number of unbranched alkanes of at least 4 members (excludes halogenated alkanes) is 2. The van der Waals surface area contributed by atoms with Crippen LogP contribution in [0.5, 0.6) is 0 Å². The van der Waals surface area contributed by atoms with Crippen LogP contribution in [0.3, 0.4) is 0 Å². The lowest BCUT2D eigenvalue weighted by Crippen LogP contribution is -2.58. The summed E-state index contributed by atoms with van der Waals surface area (Å²) >= 11 is 3.76. The van der Waals surface area contributed by atoms with Crippen LogP contribution in [0.1, 0.15) is 50.1 Å². The first-order valence-corrected chi connectivity index (χ1v) is 18.7. The highest BCUT2D eigenvalue weighted by Crippen LogP contribution is 2.60. The number of nitrogens with one attached hydrogen (secondary N) is 1. The van der Waals surface area contributed by atoms with Crippen molar-refractivity contribution in [2.24, 2.45) is 11.8 Å². The van der Waals surface area contributed by atoms with Gasteiger partial charge in [-0.2, -0.15) is 0 Å². The lowest BCUT2D eigenvalue weighted by atomic mass is 9.70. The maximum absolute atomic E-state index is 14.7. The van der Waals surface area contributed by atoms with Crippen molar-refractivity contribution in [3.63, 3.8) is 0 Å². The number of carbonyl (C=O) groups excluding carboxylic acids is 4. The summed E-state index contributed by atoms with van der Waals surface area (Å²) in [6, 6.07) is 7.67. The number of alkyl halides is 1. The molecule has 7 atom stereocenters. The van der Waals surface area contributed by atoms with Crippen LogP contribution in [0.15, 0.2) is 55.6 Å². The SMILES string of the molecule is C=CCCC(=O)OC[C@H](NC(=O)[C@@H]1[C@H]2O[C@@]3(CC2Br)[C@H](C(=O)N(CC=C)CCN2CCOCC2)N(CCCCCO)C(=O)[C@@H]13)c1ccccc1. The molecule has 5 rings (SSSR count). The van der Waals surface area contributed by atoms with E-state index in [2.05, 4.69) is 39.3 Å². The lowest BCUT2D eigenvalue weighted by Gasteiger charge is -2.38. The first-order valence-electron chi connectivity index (χ1n) is 17.8. The van der Waals surface area contributed by atoms with Gasteiger partial charge in [0.15, 0.2) is 0 Å². The quantitative estimate of drug-likeness (QED) is 0.0945. The van der Waals surface area contributed by atoms with Crippen molar-refractivity contribution < 1.29 is 38.5 Å². The van der Waals surface area contributed by atoms with E-state index < -0.39 is 41.6 Å². The molecule has 1 aromatic rings. The Bertz CT molecular complexity index is 1360. The predicted molar refractivity (Wildman–Crippen MR) is 190 cm³/mol. The number of amides is 3. The fourth-order valence-corrected chi connectivity index (χ4v) is 8.81. The molecule has 0 saturated carbocycles. The van der Waals surface area contributed by atoms with Crippen molar-refractivity contribution in [1.29, 1.82) is 0 Å². The number of rotatable bonds is 19. The van der Waals surface area contributed by atoms with Crippen molar-refractivity contribution in [1.82, 2.24) is 20.0 Å². The molecular formula is C37H51BrN4O8. The van der Waals surface area contributed by atoms with Gasteiger partial charge in [0.05, 0.1) is 37.2 Å². The summed E-state index contributed by atoms with van der Waals surface area (Å²) in [5.41, 5.74) is -0.452. The van der Waals surface area contributed by atoms with Crippen LogP contribution >= 0.6 is 15.9 Å². The monoisotopic (exact) mass is 758 g/mol. The standard InChI is InChI=1S/C37H51BrN4O8/c1-3-5-14-29(44)49-25-28(26-12-8-6-9-13-26)39-34(45)30-31-35(46)42(16-10-7-11-21-43)33(37(31)24-27(38)32(30)50-37)36(47)41(15-4-2)18-17-40-19-22-48-23-20-40/h3-4,6,8-9,12-13,27-28,30-33,43H,1-2,5,7,10-11,14-25H2,(H,39,45)/t27?,28-,30-,31+,32-,33-,37+/m0/s1. The highest BCUT2D eigenvalue weighted by molar-refractivity contribution is 9.09. The van der Waals surface area contributed by atoms with Crippen LogP contribution in [-0.4, -0.2) is 132 Å². The molecule has 4 aliphatic heterocycles. The molecule has 2 bridgehead atoms. The number of allylic oxidation sites excluding steroid dienone is 1. The molecule has 12 nitrogen and oxygen atoms in total. The zero-order valence-electron chi connectivity index (χ0n) is 28.8. The van der Waals surface area contributed by atoms with E-state index in [4.69, 9.17) is 14.2 Å². The van der Waals surface area contributed by atoms with Gasteiger partial charge in [0.25, 0.3) is 0 Å². The summed E-state index contributed by atoms with van der Waals surface area (Å²) < 4.78 is 17.8. The fourth-order valence-electron chi connectivity index (χ4n) is 7.87. The van der Waals surface area contributed by atoms with Crippen LogP contribution in [0, 0.1) is 11.8 Å². The Balaban J connectivity index is 1.41. The van der Waals surface area contributed by atoms with E-state index in [0.29, 0.717) is 71.5 Å². The van der Waals surface area contributed by atoms with E-state index in [1.54, 1.807) is 22.0 Å². The van der Waals surface area contributed by atoms with Crippen molar-refractivity contribution in [3.8, 4) is 0 Å². The number of fused-ring (bicyclic) bond motifs is 1. The molecule has 50 heavy (non-hydrogen) atoms. The highest BCUT2D eigenvalue weighted by Gasteiger charge is 2.76. The summed E-state index contributed by atoms with van der Waals surface area (Å²) in [4.78, 5) is 61.4. The van der Waals surface area contributed by atoms with Gasteiger partial charge in [-0.3, -0.25) is 24.1 Å². The first-order chi connectivity index (χ1) is 24.2. The van der Waals surface area contributed by atoms with Gasteiger partial charge < -0.3 is 34.4 Å². The molecule has 1 unspecified atom stereocenters. The van der Waals surface area contributed by atoms with Crippen LogP contribution in [-0.2, 0) is 33.4 Å². The number of carbonyl (C=O) groups is 4. The topological polar surface area (TPSA) is 138 Å². The number of halogens is 1. The molecule has 4 heterocycles. The summed E-state index contributed by atoms with van der Waals surface area (Å²) in [6.45, 7) is 12.1. The van der Waals surface area contributed by atoms with E-state index in [1.165, 1.54) is 0 Å². The smallest absolute Gasteiger partial charge is 0.306 e. The van der Waals surface area contributed by atoms with Crippen LogP contribution in [0.25, 0.3) is 0 Å². The van der Waals surface area contributed by atoms with Gasteiger partial charge in [-0.05, 0) is 37.7 Å². The molecule has 4 fully saturated rings. The third kappa shape index (κ3) is 8.33. The fraction of sp³-hybridized carbons (Fsp3) is 0.622. The molecule has 13 heteroatoms. The number of ether oxygens (including phenoxy) is 3. The molecule has 1 spiro atoms. The average Bonchev–Trinajstić information content (AvgIpc) is 3.72. The number of hydrogen-bond donors (Lipinski definition) is 2. The number of morpholine rings is 1. The van der Waals surface area contributed by atoms with Gasteiger partial charge in [-0.25, -0.2) is 0 Å². The third-order valence-corrected chi connectivity index (χ3v) is 11.2. The minimum Gasteiger partial charge on any atom is -0.463 e. The minimum atomic E-state index is -1.20. The number of benzene rings is 1. The Morgan fingerprint density at radius 3 is 2.58 bits per heavy atom. The van der Waals surface area contributed by atoms with E-state index in [0.717, 1.165) is 18.7 Å². The molecule has 3 amide bonds. The third-order valence-electron chi connectivity index (χ3n) is 10.3. The Hall–Kier alpha value is -3.10. The van der Waals surface area contributed by atoms with E-state index >= 15 is 0 Å². The summed E-state index contributed by atoms with van der Waals surface area (Å²) in [6.07, 6.45) is 5.63. The number of aliphatic hydroxyl groups is 1. The number of nitrogens with zero attached hydrogens (tertiary/aromatic N) is 3. The number of aliphatic hydroxyl groups excluding tert-OH is 1. The minimum absolute atomic E-state index is 0.0436. The molecule has 0 aromatic heterocycles. The molecule has 4 aliphatic rings. The number of esters is 1. The zero-order chi connectivity index (χ0) is 35.7. The largest absolute Gasteiger partial charge is 0.463 e. The second kappa shape index (κ2) is 17.9. The number of likely N-dealkylation sites (tertiary alicyclic amines) is 1. The van der Waals surface area contributed by atoms with Crippen LogP contribution in [0.2, 0.25) is 0 Å². The highest BCUT2D eigenvalue weighted by atomic mass is 79.9. The number of hydrogen-bond acceptors (Lipinski definition) is 9. The molecule has 0 radical (unpaired) electrons. The Kier molecular flexibility index (Phi) is 13.7. The van der Waals surface area contributed by atoms with Crippen molar-refractivity contribution >= 4 is 39.6 Å². The summed E-state index contributed by atoms with van der Waals surface area (Å²) in [5, 5.41) is 12.5. The van der Waals surface area contributed by atoms with E-state index in [-0.39, 0.29) is 42.2 Å². The second-order valence-electron chi connectivity index (χ2n) is 13.5.